The highest BCUT2D eigenvalue weighted by molar-refractivity contribution is 5.60. The molecule has 0 aliphatic carbocycles. The summed E-state index contributed by atoms with van der Waals surface area (Å²) in [6, 6.07) is 4.96. The zero-order valence-corrected chi connectivity index (χ0v) is 9.66. The topological polar surface area (TPSA) is 24.5 Å². The number of ether oxygens (including phenoxy) is 1. The zero-order valence-electron chi connectivity index (χ0n) is 9.66. The average Bonchev–Trinajstić information content (AvgIpc) is 2.29. The van der Waals surface area contributed by atoms with E-state index in [-0.39, 0.29) is 5.82 Å². The summed E-state index contributed by atoms with van der Waals surface area (Å²) in [7, 11) is 3.92. The van der Waals surface area contributed by atoms with Gasteiger partial charge in [-0.3, -0.25) is 0 Å². The first-order valence-electron chi connectivity index (χ1n) is 5.52. The van der Waals surface area contributed by atoms with Gasteiger partial charge in [-0.15, -0.1) is 0 Å². The Labute approximate surface area is 95.2 Å². The number of nitrogens with zero attached hydrogens (tertiary/aromatic N) is 1. The monoisotopic (exact) mass is 224 g/mol. The van der Waals surface area contributed by atoms with Gasteiger partial charge in [0.15, 0.2) is 0 Å². The molecule has 1 heterocycles. The number of rotatable bonds is 3. The lowest BCUT2D eigenvalue weighted by Gasteiger charge is -2.35. The van der Waals surface area contributed by atoms with E-state index in [1.54, 1.807) is 6.07 Å². The van der Waals surface area contributed by atoms with Crippen molar-refractivity contribution >= 4 is 5.69 Å². The van der Waals surface area contributed by atoms with Crippen molar-refractivity contribution in [2.24, 2.45) is 0 Å². The van der Waals surface area contributed by atoms with Crippen molar-refractivity contribution in [3.8, 4) is 5.75 Å². The van der Waals surface area contributed by atoms with Gasteiger partial charge in [-0.1, -0.05) is 0 Å². The molecule has 4 heteroatoms. The van der Waals surface area contributed by atoms with E-state index in [4.69, 9.17) is 4.74 Å². The van der Waals surface area contributed by atoms with Crippen LogP contribution in [-0.4, -0.2) is 33.3 Å². The first-order chi connectivity index (χ1) is 7.72. The zero-order chi connectivity index (χ0) is 11.5. The summed E-state index contributed by atoms with van der Waals surface area (Å²) in [6.07, 6.45) is 0.989. The maximum Gasteiger partial charge on any atom is 0.142 e. The summed E-state index contributed by atoms with van der Waals surface area (Å²) in [5, 5.41) is 3.11. The van der Waals surface area contributed by atoms with E-state index in [1.807, 2.05) is 14.1 Å². The van der Waals surface area contributed by atoms with Gasteiger partial charge in [0.05, 0.1) is 11.7 Å². The Bertz CT molecular complexity index is 370. The molecule has 2 rings (SSSR count). The molecule has 1 aliphatic rings. The van der Waals surface area contributed by atoms with Crippen LogP contribution in [0.25, 0.3) is 0 Å². The summed E-state index contributed by atoms with van der Waals surface area (Å²) >= 11 is 0. The second kappa shape index (κ2) is 4.70. The molecule has 0 aromatic heterocycles. The maximum absolute atomic E-state index is 13.2. The third-order valence-electron chi connectivity index (χ3n) is 3.01. The van der Waals surface area contributed by atoms with Gasteiger partial charge in [-0.05, 0) is 32.1 Å². The third-order valence-corrected chi connectivity index (χ3v) is 3.01. The van der Waals surface area contributed by atoms with Crippen LogP contribution in [0.3, 0.4) is 0 Å². The van der Waals surface area contributed by atoms with Crippen LogP contribution in [0.4, 0.5) is 10.1 Å². The Morgan fingerprint density at radius 1 is 1.56 bits per heavy atom. The largest absolute Gasteiger partial charge is 0.489 e. The first kappa shape index (κ1) is 11.2. The second-order valence-electron chi connectivity index (χ2n) is 4.08. The smallest absolute Gasteiger partial charge is 0.142 e. The molecule has 1 aromatic carbocycles. The number of nitrogens with one attached hydrogen (secondary N) is 1. The number of fused-ring (bicyclic) bond motifs is 1. The molecule has 0 fully saturated rings. The van der Waals surface area contributed by atoms with E-state index in [2.05, 4.69) is 10.2 Å². The Balaban J connectivity index is 2.17. The molecule has 1 unspecified atom stereocenters. The van der Waals surface area contributed by atoms with Crippen LogP contribution < -0.4 is 15.0 Å². The van der Waals surface area contributed by atoms with E-state index < -0.39 is 0 Å². The molecular formula is C12H17FN2O. The Kier molecular flexibility index (Phi) is 3.29. The van der Waals surface area contributed by atoms with Crippen LogP contribution in [0.5, 0.6) is 5.75 Å². The molecule has 16 heavy (non-hydrogen) atoms. The quantitative estimate of drug-likeness (QED) is 0.844. The standard InChI is InChI=1S/C12H17FN2O/c1-14-6-5-10-8-16-12-4-3-9(13)7-11(12)15(10)2/h3-4,7,10,14H,5-6,8H2,1-2H3. The molecule has 0 radical (unpaired) electrons. The number of anilines is 1. The molecule has 0 bridgehead atoms. The average molecular weight is 224 g/mol. The highest BCUT2D eigenvalue weighted by Gasteiger charge is 2.24. The number of hydrogen-bond acceptors (Lipinski definition) is 3. The Hall–Kier alpha value is -1.29. The normalized spacial score (nSPS) is 19.2. The fourth-order valence-corrected chi connectivity index (χ4v) is 1.97. The van der Waals surface area contributed by atoms with Crippen molar-refractivity contribution in [2.45, 2.75) is 12.5 Å². The molecule has 0 saturated heterocycles. The van der Waals surface area contributed by atoms with Gasteiger partial charge < -0.3 is 15.0 Å². The predicted octanol–water partition coefficient (Wildman–Crippen LogP) is 1.63. The van der Waals surface area contributed by atoms with Crippen LogP contribution in [0.15, 0.2) is 18.2 Å². The summed E-state index contributed by atoms with van der Waals surface area (Å²) in [5.41, 5.74) is 0.840. The molecule has 1 aliphatic heterocycles. The van der Waals surface area contributed by atoms with E-state index in [1.165, 1.54) is 12.1 Å². The lowest BCUT2D eigenvalue weighted by molar-refractivity contribution is 0.259. The van der Waals surface area contributed by atoms with Crippen molar-refractivity contribution < 1.29 is 9.13 Å². The lowest BCUT2D eigenvalue weighted by atomic mass is 10.1. The molecule has 0 amide bonds. The lowest BCUT2D eigenvalue weighted by Crippen LogP contribution is -2.41. The molecular weight excluding hydrogens is 207 g/mol. The Morgan fingerprint density at radius 3 is 3.12 bits per heavy atom. The van der Waals surface area contributed by atoms with Crippen LogP contribution in [0, 0.1) is 5.82 Å². The van der Waals surface area contributed by atoms with Crippen molar-refractivity contribution in [1.82, 2.24) is 5.32 Å². The van der Waals surface area contributed by atoms with Crippen LogP contribution >= 0.6 is 0 Å². The summed E-state index contributed by atoms with van der Waals surface area (Å²) in [5.74, 6) is 0.549. The van der Waals surface area contributed by atoms with Crippen molar-refractivity contribution in [3.05, 3.63) is 24.0 Å². The summed E-state index contributed by atoms with van der Waals surface area (Å²) in [6.45, 7) is 1.60. The summed E-state index contributed by atoms with van der Waals surface area (Å²) < 4.78 is 18.8. The predicted molar refractivity (Wildman–Crippen MR) is 62.6 cm³/mol. The van der Waals surface area contributed by atoms with E-state index in [0.29, 0.717) is 12.6 Å². The molecule has 88 valence electrons. The SMILES string of the molecule is CNCCC1COc2ccc(F)cc2N1C. The fourth-order valence-electron chi connectivity index (χ4n) is 1.97. The number of likely N-dealkylation sites (N-methyl/N-ethyl adjacent to an activating group) is 1. The highest BCUT2D eigenvalue weighted by Crippen LogP contribution is 2.33. The van der Waals surface area contributed by atoms with Gasteiger partial charge >= 0.3 is 0 Å². The maximum atomic E-state index is 13.2. The van der Waals surface area contributed by atoms with Crippen molar-refractivity contribution in [2.75, 3.05) is 32.1 Å². The number of hydrogen-bond donors (Lipinski definition) is 1. The third kappa shape index (κ3) is 2.11. The molecule has 1 aromatic rings. The van der Waals surface area contributed by atoms with Gasteiger partial charge in [0.1, 0.15) is 18.2 Å². The van der Waals surface area contributed by atoms with Crippen molar-refractivity contribution in [1.29, 1.82) is 0 Å². The van der Waals surface area contributed by atoms with E-state index in [9.17, 15) is 4.39 Å². The summed E-state index contributed by atoms with van der Waals surface area (Å²) in [4.78, 5) is 2.10. The van der Waals surface area contributed by atoms with E-state index >= 15 is 0 Å². The van der Waals surface area contributed by atoms with Gasteiger partial charge in [-0.25, -0.2) is 4.39 Å². The van der Waals surface area contributed by atoms with Crippen molar-refractivity contribution in [3.63, 3.8) is 0 Å². The molecule has 1 atom stereocenters. The highest BCUT2D eigenvalue weighted by atomic mass is 19.1. The van der Waals surface area contributed by atoms with Crippen LogP contribution in [-0.2, 0) is 0 Å². The number of benzene rings is 1. The molecule has 0 saturated carbocycles. The van der Waals surface area contributed by atoms with Crippen LogP contribution in [0.2, 0.25) is 0 Å². The Morgan fingerprint density at radius 2 is 2.38 bits per heavy atom. The minimum Gasteiger partial charge on any atom is -0.489 e. The first-order valence-corrected chi connectivity index (χ1v) is 5.52. The molecule has 1 N–H and O–H groups in total. The van der Waals surface area contributed by atoms with Gasteiger partial charge in [-0.2, -0.15) is 0 Å². The van der Waals surface area contributed by atoms with Crippen LogP contribution in [0.1, 0.15) is 6.42 Å². The fraction of sp³-hybridized carbons (Fsp3) is 0.500. The minimum absolute atomic E-state index is 0.219. The van der Waals surface area contributed by atoms with Gasteiger partial charge in [0, 0.05) is 13.1 Å². The molecule has 3 nitrogen and oxygen atoms in total. The minimum atomic E-state index is -0.219. The second-order valence-corrected chi connectivity index (χ2v) is 4.08. The van der Waals surface area contributed by atoms with Gasteiger partial charge in [0.2, 0.25) is 0 Å². The molecule has 0 spiro atoms. The van der Waals surface area contributed by atoms with Gasteiger partial charge in [0.25, 0.3) is 0 Å². The van der Waals surface area contributed by atoms with E-state index in [0.717, 1.165) is 24.4 Å². The number of halogens is 1.